The number of aliphatic hydroxyl groups is 1. The number of hydrogen-bond donors (Lipinski definition) is 2. The SMILES string of the molecule is OCC1(c2ccc(-c3nc4cc(O[C@@H]5COC6CCOC65)[nH]c4cc3Cl)cc2)CC1. The van der Waals surface area contributed by atoms with Gasteiger partial charge in [0.05, 0.1) is 41.1 Å². The number of H-pyrrole nitrogens is 1. The topological polar surface area (TPSA) is 76.6 Å². The van der Waals surface area contributed by atoms with Crippen molar-refractivity contribution in [1.29, 1.82) is 0 Å². The van der Waals surface area contributed by atoms with Gasteiger partial charge >= 0.3 is 0 Å². The van der Waals surface area contributed by atoms with Crippen LogP contribution in [0.4, 0.5) is 0 Å². The van der Waals surface area contributed by atoms with E-state index in [0.29, 0.717) is 17.5 Å². The van der Waals surface area contributed by atoms with E-state index in [1.165, 1.54) is 5.56 Å². The van der Waals surface area contributed by atoms with Crippen LogP contribution in [-0.2, 0) is 14.9 Å². The average Bonchev–Trinajstić information content (AvgIpc) is 3.06. The molecule has 2 N–H and O–H groups in total. The van der Waals surface area contributed by atoms with Gasteiger partial charge in [-0.3, -0.25) is 0 Å². The summed E-state index contributed by atoms with van der Waals surface area (Å²) in [7, 11) is 0. The molecule has 0 spiro atoms. The van der Waals surface area contributed by atoms with Gasteiger partial charge in [0.25, 0.3) is 0 Å². The van der Waals surface area contributed by atoms with Crippen molar-refractivity contribution < 1.29 is 19.3 Å². The summed E-state index contributed by atoms with van der Waals surface area (Å²) in [6, 6.07) is 12.0. The van der Waals surface area contributed by atoms with Crippen LogP contribution < -0.4 is 4.74 Å². The van der Waals surface area contributed by atoms with Gasteiger partial charge in [-0.15, -0.1) is 0 Å². The molecule has 0 amide bonds. The molecule has 0 radical (unpaired) electrons. The van der Waals surface area contributed by atoms with E-state index in [4.69, 9.17) is 30.8 Å². The Morgan fingerprint density at radius 1 is 1.20 bits per heavy atom. The van der Waals surface area contributed by atoms with Crippen LogP contribution in [0.15, 0.2) is 36.4 Å². The zero-order valence-electron chi connectivity index (χ0n) is 16.4. The number of pyridine rings is 1. The second-order valence-corrected chi connectivity index (χ2v) is 8.96. The van der Waals surface area contributed by atoms with Crippen molar-refractivity contribution in [3.8, 4) is 17.1 Å². The fourth-order valence-corrected chi connectivity index (χ4v) is 4.90. The molecule has 6 rings (SSSR count). The van der Waals surface area contributed by atoms with E-state index in [1.807, 2.05) is 24.3 Å². The van der Waals surface area contributed by atoms with Crippen LogP contribution in [-0.4, -0.2) is 53.2 Å². The van der Waals surface area contributed by atoms with Gasteiger partial charge in [-0.1, -0.05) is 35.9 Å². The Labute approximate surface area is 179 Å². The minimum absolute atomic E-state index is 0.00397. The number of hydrogen-bond acceptors (Lipinski definition) is 5. The van der Waals surface area contributed by atoms with Crippen molar-refractivity contribution in [2.24, 2.45) is 0 Å². The molecule has 2 saturated heterocycles. The molecular formula is C23H23ClN2O4. The molecule has 7 heteroatoms. The van der Waals surface area contributed by atoms with Crippen LogP contribution in [0, 0.1) is 0 Å². The van der Waals surface area contributed by atoms with E-state index in [1.54, 1.807) is 0 Å². The quantitative estimate of drug-likeness (QED) is 0.648. The number of aliphatic hydroxyl groups excluding tert-OH is 1. The van der Waals surface area contributed by atoms with E-state index >= 15 is 0 Å². The maximum absolute atomic E-state index is 9.65. The summed E-state index contributed by atoms with van der Waals surface area (Å²) in [4.78, 5) is 8.04. The zero-order valence-corrected chi connectivity index (χ0v) is 17.2. The molecule has 0 bridgehead atoms. The standard InChI is InChI=1S/C23H23ClN2O4/c24-15-9-16-17(10-20(25-16)30-19-11-29-18-5-8-28-22(18)19)26-21(15)13-1-3-14(4-2-13)23(12-27)6-7-23/h1-4,9-10,18-19,22,25,27H,5-8,11-12H2/t18?,19-,22?/m1/s1. The molecule has 3 atom stereocenters. The van der Waals surface area contributed by atoms with Crippen LogP contribution in [0.1, 0.15) is 24.8 Å². The van der Waals surface area contributed by atoms with Gasteiger partial charge < -0.3 is 24.3 Å². The summed E-state index contributed by atoms with van der Waals surface area (Å²) < 4.78 is 17.6. The highest BCUT2D eigenvalue weighted by molar-refractivity contribution is 6.33. The normalized spacial score (nSPS) is 26.8. The maximum atomic E-state index is 9.65. The van der Waals surface area contributed by atoms with Gasteiger partial charge in [0.2, 0.25) is 0 Å². The van der Waals surface area contributed by atoms with Gasteiger partial charge in [-0.25, -0.2) is 4.98 Å². The number of ether oxygens (including phenoxy) is 3. The Morgan fingerprint density at radius 2 is 2.03 bits per heavy atom. The molecule has 30 heavy (non-hydrogen) atoms. The number of halogens is 1. The first-order valence-electron chi connectivity index (χ1n) is 10.5. The number of rotatable bonds is 5. The first-order valence-corrected chi connectivity index (χ1v) is 10.8. The van der Waals surface area contributed by atoms with E-state index < -0.39 is 0 Å². The lowest BCUT2D eigenvalue weighted by Crippen LogP contribution is -2.32. The largest absolute Gasteiger partial charge is 0.470 e. The van der Waals surface area contributed by atoms with Crippen molar-refractivity contribution in [3.63, 3.8) is 0 Å². The lowest BCUT2D eigenvalue weighted by molar-refractivity contribution is 0.0292. The summed E-state index contributed by atoms with van der Waals surface area (Å²) in [5.41, 5.74) is 4.45. The molecule has 6 nitrogen and oxygen atoms in total. The van der Waals surface area contributed by atoms with Crippen LogP contribution >= 0.6 is 11.6 Å². The molecule has 2 aromatic heterocycles. The van der Waals surface area contributed by atoms with E-state index in [9.17, 15) is 5.11 Å². The Bertz CT molecular complexity index is 1090. The molecular weight excluding hydrogens is 404 g/mol. The van der Waals surface area contributed by atoms with Crippen molar-refractivity contribution in [2.45, 2.75) is 43.0 Å². The van der Waals surface area contributed by atoms with Crippen LogP contribution in [0.25, 0.3) is 22.3 Å². The van der Waals surface area contributed by atoms with Crippen LogP contribution in [0.2, 0.25) is 5.02 Å². The molecule has 3 aliphatic rings. The third kappa shape index (κ3) is 3.02. The van der Waals surface area contributed by atoms with Gasteiger partial charge in [-0.05, 0) is 30.9 Å². The van der Waals surface area contributed by atoms with E-state index in [2.05, 4.69) is 17.1 Å². The third-order valence-electron chi connectivity index (χ3n) is 6.66. The Morgan fingerprint density at radius 3 is 2.80 bits per heavy atom. The molecule has 1 aliphatic carbocycles. The smallest absolute Gasteiger partial charge is 0.193 e. The molecule has 2 aliphatic heterocycles. The lowest BCUT2D eigenvalue weighted by Gasteiger charge is -2.16. The Balaban J connectivity index is 1.27. The predicted octanol–water partition coefficient (Wildman–Crippen LogP) is 3.84. The minimum Gasteiger partial charge on any atom is -0.470 e. The summed E-state index contributed by atoms with van der Waals surface area (Å²) in [6.07, 6.45) is 3.03. The monoisotopic (exact) mass is 426 g/mol. The first-order chi connectivity index (χ1) is 14.6. The Hall–Kier alpha value is -2.12. The number of aromatic nitrogens is 2. The summed E-state index contributed by atoms with van der Waals surface area (Å²) >= 11 is 6.56. The van der Waals surface area contributed by atoms with Gasteiger partial charge in [0.15, 0.2) is 12.0 Å². The molecule has 1 aromatic carbocycles. The molecule has 156 valence electrons. The average molecular weight is 427 g/mol. The summed E-state index contributed by atoms with van der Waals surface area (Å²) in [5, 5.41) is 10.2. The summed E-state index contributed by atoms with van der Waals surface area (Å²) in [6.45, 7) is 1.45. The fraction of sp³-hybridized carbons (Fsp3) is 0.435. The van der Waals surface area contributed by atoms with Gasteiger partial charge in [0, 0.05) is 23.7 Å². The fourth-order valence-electron chi connectivity index (χ4n) is 4.64. The zero-order chi connectivity index (χ0) is 20.3. The van der Waals surface area contributed by atoms with Crippen molar-refractivity contribution >= 4 is 22.6 Å². The first kappa shape index (κ1) is 18.6. The van der Waals surface area contributed by atoms with Crippen molar-refractivity contribution in [2.75, 3.05) is 19.8 Å². The number of benzene rings is 1. The minimum atomic E-state index is -0.116. The van der Waals surface area contributed by atoms with Crippen molar-refractivity contribution in [3.05, 3.63) is 47.0 Å². The summed E-state index contributed by atoms with van der Waals surface area (Å²) in [5.74, 6) is 0.643. The molecule has 4 heterocycles. The highest BCUT2D eigenvalue weighted by Crippen LogP contribution is 2.48. The number of aromatic amines is 1. The number of fused-ring (bicyclic) bond motifs is 2. The highest BCUT2D eigenvalue weighted by atomic mass is 35.5. The predicted molar refractivity (Wildman–Crippen MR) is 113 cm³/mol. The van der Waals surface area contributed by atoms with Gasteiger partial charge in [0.1, 0.15) is 6.10 Å². The molecule has 3 aromatic rings. The second kappa shape index (κ2) is 6.95. The van der Waals surface area contributed by atoms with E-state index in [0.717, 1.165) is 48.2 Å². The third-order valence-corrected chi connectivity index (χ3v) is 6.94. The number of nitrogens with one attached hydrogen (secondary N) is 1. The molecule has 1 saturated carbocycles. The van der Waals surface area contributed by atoms with Gasteiger partial charge in [-0.2, -0.15) is 0 Å². The van der Waals surface area contributed by atoms with E-state index in [-0.39, 0.29) is 30.3 Å². The molecule has 2 unspecified atom stereocenters. The van der Waals surface area contributed by atoms with Crippen molar-refractivity contribution in [1.82, 2.24) is 9.97 Å². The second-order valence-electron chi connectivity index (χ2n) is 8.55. The number of nitrogens with zero attached hydrogens (tertiary/aromatic N) is 1. The van der Waals surface area contributed by atoms with Crippen LogP contribution in [0.5, 0.6) is 5.88 Å². The molecule has 3 fully saturated rings. The maximum Gasteiger partial charge on any atom is 0.193 e. The highest BCUT2D eigenvalue weighted by Gasteiger charge is 2.44. The lowest BCUT2D eigenvalue weighted by atomic mass is 9.95. The van der Waals surface area contributed by atoms with Crippen LogP contribution in [0.3, 0.4) is 0 Å². The Kier molecular flexibility index (Phi) is 4.32.